The number of hydrogen-bond acceptors (Lipinski definition) is 3. The molecule has 1 aliphatic rings. The summed E-state index contributed by atoms with van der Waals surface area (Å²) >= 11 is 0. The van der Waals surface area contributed by atoms with E-state index in [1.165, 1.54) is 0 Å². The molecule has 2 aromatic rings. The topological polar surface area (TPSA) is 69.6 Å². The first-order valence-electron chi connectivity index (χ1n) is 9.43. The van der Waals surface area contributed by atoms with Crippen molar-refractivity contribution in [2.75, 3.05) is 13.1 Å². The van der Waals surface area contributed by atoms with Gasteiger partial charge in [0.2, 0.25) is 5.91 Å². The number of phenolic OH excluding ortho intramolecular Hbond substituents is 1. The molecule has 5 nitrogen and oxygen atoms in total. The van der Waals surface area contributed by atoms with Crippen LogP contribution >= 0.6 is 0 Å². The number of aromatic hydroxyl groups is 1. The predicted molar refractivity (Wildman–Crippen MR) is 102 cm³/mol. The van der Waals surface area contributed by atoms with Crippen molar-refractivity contribution < 1.29 is 14.7 Å². The van der Waals surface area contributed by atoms with Gasteiger partial charge < -0.3 is 15.3 Å². The number of rotatable bonds is 6. The van der Waals surface area contributed by atoms with E-state index in [0.717, 1.165) is 31.1 Å². The van der Waals surface area contributed by atoms with Crippen molar-refractivity contribution in [3.63, 3.8) is 0 Å². The van der Waals surface area contributed by atoms with E-state index in [0.29, 0.717) is 24.9 Å². The van der Waals surface area contributed by atoms with Gasteiger partial charge in [0.15, 0.2) is 0 Å². The third kappa shape index (κ3) is 3.66. The van der Waals surface area contributed by atoms with Crippen LogP contribution < -0.4 is 5.32 Å². The number of nitrogens with zero attached hydrogens (tertiary/aromatic N) is 1. The van der Waals surface area contributed by atoms with E-state index in [-0.39, 0.29) is 23.1 Å². The van der Waals surface area contributed by atoms with Gasteiger partial charge in [-0.25, -0.2) is 0 Å². The van der Waals surface area contributed by atoms with Gasteiger partial charge in [0.05, 0.1) is 5.56 Å². The molecule has 1 unspecified atom stereocenters. The Bertz CT molecular complexity index is 803. The number of benzene rings is 2. The van der Waals surface area contributed by atoms with Crippen LogP contribution in [0.25, 0.3) is 10.8 Å². The molecule has 2 amide bonds. The summed E-state index contributed by atoms with van der Waals surface area (Å²) in [6, 6.07) is 10.4. The van der Waals surface area contributed by atoms with Crippen LogP contribution in [0, 0.1) is 0 Å². The summed E-state index contributed by atoms with van der Waals surface area (Å²) in [5.74, 6) is -0.381. The van der Waals surface area contributed by atoms with Crippen molar-refractivity contribution in [1.82, 2.24) is 10.2 Å². The Morgan fingerprint density at radius 2 is 2.00 bits per heavy atom. The molecule has 26 heavy (non-hydrogen) atoms. The molecule has 1 saturated heterocycles. The van der Waals surface area contributed by atoms with Gasteiger partial charge in [-0.2, -0.15) is 0 Å². The summed E-state index contributed by atoms with van der Waals surface area (Å²) in [4.78, 5) is 27.1. The first-order chi connectivity index (χ1) is 12.6. The van der Waals surface area contributed by atoms with E-state index < -0.39 is 6.04 Å². The summed E-state index contributed by atoms with van der Waals surface area (Å²) in [5, 5.41) is 15.0. The molecule has 2 aromatic carbocycles. The number of hydrogen-bond donors (Lipinski definition) is 2. The van der Waals surface area contributed by atoms with Gasteiger partial charge in [-0.15, -0.1) is 0 Å². The highest BCUT2D eigenvalue weighted by Gasteiger charge is 2.35. The number of carbonyl (C=O) groups excluding carboxylic acids is 2. The van der Waals surface area contributed by atoms with Gasteiger partial charge in [-0.1, -0.05) is 50.1 Å². The van der Waals surface area contributed by atoms with Gasteiger partial charge in [0.25, 0.3) is 5.91 Å². The second-order valence-corrected chi connectivity index (χ2v) is 6.84. The molecule has 1 heterocycles. The minimum absolute atomic E-state index is 0.0119. The normalized spacial score (nSPS) is 16.8. The zero-order chi connectivity index (χ0) is 18.5. The van der Waals surface area contributed by atoms with Crippen molar-refractivity contribution in [2.45, 2.75) is 45.1 Å². The van der Waals surface area contributed by atoms with Crippen LogP contribution in [-0.2, 0) is 4.79 Å². The monoisotopic (exact) mass is 354 g/mol. The van der Waals surface area contributed by atoms with E-state index in [1.54, 1.807) is 17.0 Å². The first-order valence-corrected chi connectivity index (χ1v) is 9.43. The highest BCUT2D eigenvalue weighted by atomic mass is 16.3. The van der Waals surface area contributed by atoms with Gasteiger partial charge in [-0.05, 0) is 30.7 Å². The van der Waals surface area contributed by atoms with Crippen LogP contribution in [0.3, 0.4) is 0 Å². The molecule has 1 aliphatic heterocycles. The fourth-order valence-electron chi connectivity index (χ4n) is 3.57. The molecule has 0 aliphatic carbocycles. The maximum Gasteiger partial charge on any atom is 0.258 e. The van der Waals surface area contributed by atoms with E-state index in [1.807, 2.05) is 24.3 Å². The number of phenols is 1. The van der Waals surface area contributed by atoms with Crippen LogP contribution in [0.1, 0.15) is 49.4 Å². The molecular weight excluding hydrogens is 328 g/mol. The third-order valence-corrected chi connectivity index (χ3v) is 5.03. The van der Waals surface area contributed by atoms with E-state index in [9.17, 15) is 14.7 Å². The maximum absolute atomic E-state index is 13.0. The van der Waals surface area contributed by atoms with Crippen LogP contribution in [-0.4, -0.2) is 41.0 Å². The van der Waals surface area contributed by atoms with Crippen LogP contribution in [0.4, 0.5) is 0 Å². The summed E-state index contributed by atoms with van der Waals surface area (Å²) in [7, 11) is 0. The average Bonchev–Trinajstić information content (AvgIpc) is 3.15. The van der Waals surface area contributed by atoms with Crippen LogP contribution in [0.5, 0.6) is 5.75 Å². The number of unbranched alkanes of at least 4 members (excludes halogenated alkanes) is 2. The quantitative estimate of drug-likeness (QED) is 0.781. The van der Waals surface area contributed by atoms with Crippen molar-refractivity contribution in [2.24, 2.45) is 0 Å². The van der Waals surface area contributed by atoms with E-state index in [2.05, 4.69) is 12.2 Å². The second-order valence-electron chi connectivity index (χ2n) is 6.84. The molecule has 0 spiro atoms. The zero-order valence-corrected chi connectivity index (χ0v) is 15.2. The van der Waals surface area contributed by atoms with Crippen molar-refractivity contribution in [3.05, 3.63) is 42.0 Å². The van der Waals surface area contributed by atoms with Crippen LogP contribution in [0.15, 0.2) is 36.4 Å². The fourth-order valence-corrected chi connectivity index (χ4v) is 3.57. The lowest BCUT2D eigenvalue weighted by Crippen LogP contribution is -2.46. The Kier molecular flexibility index (Phi) is 5.76. The molecule has 3 rings (SSSR count). The molecule has 5 heteroatoms. The molecule has 0 bridgehead atoms. The number of carbonyl (C=O) groups is 2. The molecule has 1 fully saturated rings. The number of likely N-dealkylation sites (tertiary alicyclic amines) is 1. The Labute approximate surface area is 154 Å². The standard InChI is InChI=1S/C21H26N2O3/c1-2-3-6-13-22-20(25)18-10-7-14-23(18)21(26)17-12-11-15-8-4-5-9-16(15)19(17)24/h4-5,8-9,11-12,18,24H,2-3,6-7,10,13-14H2,1H3,(H,22,25). The van der Waals surface area contributed by atoms with Crippen LogP contribution in [0.2, 0.25) is 0 Å². The maximum atomic E-state index is 13.0. The Hall–Kier alpha value is -2.56. The minimum atomic E-state index is -0.449. The van der Waals surface area contributed by atoms with Gasteiger partial charge in [0.1, 0.15) is 11.8 Å². The van der Waals surface area contributed by atoms with E-state index >= 15 is 0 Å². The molecule has 0 aromatic heterocycles. The largest absolute Gasteiger partial charge is 0.506 e. The molecule has 138 valence electrons. The molecule has 0 radical (unpaired) electrons. The lowest BCUT2D eigenvalue weighted by molar-refractivity contribution is -0.124. The second kappa shape index (κ2) is 8.21. The third-order valence-electron chi connectivity index (χ3n) is 5.03. The van der Waals surface area contributed by atoms with Crippen molar-refractivity contribution >= 4 is 22.6 Å². The zero-order valence-electron chi connectivity index (χ0n) is 15.2. The van der Waals surface area contributed by atoms with Gasteiger partial charge in [0, 0.05) is 18.5 Å². The predicted octanol–water partition coefficient (Wildman–Crippen LogP) is 3.46. The summed E-state index contributed by atoms with van der Waals surface area (Å²) in [6.07, 6.45) is 4.60. The molecule has 0 saturated carbocycles. The van der Waals surface area contributed by atoms with Gasteiger partial charge in [-0.3, -0.25) is 9.59 Å². The molecular formula is C21H26N2O3. The number of fused-ring (bicyclic) bond motifs is 1. The number of amides is 2. The smallest absolute Gasteiger partial charge is 0.258 e. The average molecular weight is 354 g/mol. The molecule has 2 N–H and O–H groups in total. The van der Waals surface area contributed by atoms with Crippen molar-refractivity contribution in [3.8, 4) is 5.75 Å². The van der Waals surface area contributed by atoms with Gasteiger partial charge >= 0.3 is 0 Å². The Morgan fingerprint density at radius 1 is 1.19 bits per heavy atom. The highest BCUT2D eigenvalue weighted by molar-refractivity contribution is 6.05. The summed E-state index contributed by atoms with van der Waals surface area (Å²) in [5.41, 5.74) is 0.259. The summed E-state index contributed by atoms with van der Waals surface area (Å²) < 4.78 is 0. The minimum Gasteiger partial charge on any atom is -0.506 e. The molecule has 1 atom stereocenters. The van der Waals surface area contributed by atoms with E-state index in [4.69, 9.17) is 0 Å². The SMILES string of the molecule is CCCCCNC(=O)C1CCCN1C(=O)c1ccc2ccccc2c1O. The van der Waals surface area contributed by atoms with Crippen molar-refractivity contribution in [1.29, 1.82) is 0 Å². The number of nitrogens with one attached hydrogen (secondary N) is 1. The fraction of sp³-hybridized carbons (Fsp3) is 0.429. The first kappa shape index (κ1) is 18.2. The Morgan fingerprint density at radius 3 is 2.81 bits per heavy atom. The Balaban J connectivity index is 1.76. The summed E-state index contributed by atoms with van der Waals surface area (Å²) in [6.45, 7) is 3.31. The highest BCUT2D eigenvalue weighted by Crippen LogP contribution is 2.31. The lowest BCUT2D eigenvalue weighted by atomic mass is 10.0. The lowest BCUT2D eigenvalue weighted by Gasteiger charge is -2.24.